The molecule has 0 radical (unpaired) electrons. The Morgan fingerprint density at radius 3 is 1.82 bits per heavy atom. The lowest BCUT2D eigenvalue weighted by atomic mass is 10.0. The molecule has 2 fully saturated rings. The zero-order valence-corrected chi connectivity index (χ0v) is 37.6. The largest absolute Gasteiger partial charge is 0.439 e. The molecule has 2 saturated heterocycles. The molecule has 5 aromatic rings. The van der Waals surface area contributed by atoms with Gasteiger partial charge in [0, 0.05) is 18.3 Å². The fourth-order valence-corrected chi connectivity index (χ4v) is 8.41. The molecule has 2 aliphatic rings. The first-order valence-electron chi connectivity index (χ1n) is 21.8. The van der Waals surface area contributed by atoms with Crippen molar-refractivity contribution in [1.29, 1.82) is 5.41 Å². The van der Waals surface area contributed by atoms with Crippen LogP contribution < -0.4 is 16.4 Å². The van der Waals surface area contributed by atoms with Crippen molar-refractivity contribution in [2.24, 2.45) is 5.73 Å². The molecule has 1 spiro atoms. The van der Waals surface area contributed by atoms with Gasteiger partial charge in [0.2, 0.25) is 5.91 Å². The minimum Gasteiger partial charge on any atom is -0.439 e. The average molecular weight is 921 g/mol. The third-order valence-corrected chi connectivity index (χ3v) is 12.0. The van der Waals surface area contributed by atoms with E-state index in [-0.39, 0.29) is 51.7 Å². The lowest BCUT2D eigenvalue weighted by Gasteiger charge is -2.36. The van der Waals surface area contributed by atoms with E-state index in [1.54, 1.807) is 5.38 Å². The highest BCUT2D eigenvalue weighted by atomic mass is 32.1. The minimum absolute atomic E-state index is 0.0363. The summed E-state index contributed by atoms with van der Waals surface area (Å²) in [4.78, 5) is 46.5. The van der Waals surface area contributed by atoms with Crippen molar-refractivity contribution in [1.82, 2.24) is 20.5 Å². The molecule has 348 valence electrons. The SMILES string of the molecule is CC(OCc1ccccc1)C(OCc1ccccc1)C(OCc1ccccc1)C(CNC(=O)OCC(=O)N1CC2(C[C@H]1C(=O)NCc1nc(C(=N)N)cs1)OCCO2)OCc1ccccc1. The van der Waals surface area contributed by atoms with Gasteiger partial charge in [-0.25, -0.2) is 9.78 Å². The summed E-state index contributed by atoms with van der Waals surface area (Å²) >= 11 is 1.25. The molecule has 4 aromatic carbocycles. The van der Waals surface area contributed by atoms with E-state index in [9.17, 15) is 14.4 Å². The first kappa shape index (κ1) is 47.9. The number of amidine groups is 1. The van der Waals surface area contributed by atoms with Crippen molar-refractivity contribution in [3.63, 3.8) is 0 Å². The Labute approximate surface area is 388 Å². The molecule has 17 heteroatoms. The maximum atomic E-state index is 13.8. The van der Waals surface area contributed by atoms with Crippen LogP contribution in [0.5, 0.6) is 0 Å². The van der Waals surface area contributed by atoms with Gasteiger partial charge in [-0.2, -0.15) is 0 Å². The summed E-state index contributed by atoms with van der Waals surface area (Å²) in [5.74, 6) is -2.43. The van der Waals surface area contributed by atoms with E-state index in [2.05, 4.69) is 15.6 Å². The summed E-state index contributed by atoms with van der Waals surface area (Å²) in [6.07, 6.45) is -3.68. The first-order chi connectivity index (χ1) is 32.1. The summed E-state index contributed by atoms with van der Waals surface area (Å²) in [6, 6.07) is 38.0. The zero-order valence-electron chi connectivity index (χ0n) is 36.8. The average Bonchev–Trinajstić information content (AvgIpc) is 4.12. The van der Waals surface area contributed by atoms with Gasteiger partial charge < -0.3 is 54.4 Å². The number of hydrogen-bond acceptors (Lipinski definition) is 13. The quantitative estimate of drug-likeness (QED) is 0.0476. The molecule has 0 bridgehead atoms. The number of benzene rings is 4. The van der Waals surface area contributed by atoms with Crippen LogP contribution in [-0.2, 0) is 75.7 Å². The first-order valence-corrected chi connectivity index (χ1v) is 22.7. The molecule has 16 nitrogen and oxygen atoms in total. The van der Waals surface area contributed by atoms with Gasteiger partial charge in [-0.15, -0.1) is 11.3 Å². The predicted octanol–water partition coefficient (Wildman–Crippen LogP) is 5.48. The molecular weight excluding hydrogens is 865 g/mol. The maximum absolute atomic E-state index is 13.8. The highest BCUT2D eigenvalue weighted by Gasteiger charge is 2.52. The Hall–Kier alpha value is -6.05. The second-order valence-corrected chi connectivity index (χ2v) is 16.9. The lowest BCUT2D eigenvalue weighted by Crippen LogP contribution is -2.52. The van der Waals surface area contributed by atoms with E-state index in [4.69, 9.17) is 44.3 Å². The monoisotopic (exact) mass is 920 g/mol. The standard InChI is InChI=1S/C49H56N6O10S/c1-34(59-27-35-14-6-2-7-15-35)44(61-29-37-18-10-4-11-19-37)45(62-30-38-20-12-5-13-21-38)41(60-28-36-16-8-3-9-17-36)25-53-48(58)63-31-43(56)55-33-49(64-22-23-65-49)24-40(55)47(57)52-26-42-54-39(32-66-42)46(50)51/h2-21,32,34,40-41,44-45H,22-31,33H2,1H3,(H3,50,51)(H,52,57)(H,53,58)/t34?,40-,41?,44?,45?/m0/s1. The number of alkyl carbamates (subject to hydrolysis) is 1. The number of amides is 3. The molecular formula is C49H56N6O10S. The Morgan fingerprint density at radius 1 is 0.773 bits per heavy atom. The van der Waals surface area contributed by atoms with E-state index in [0.717, 1.165) is 22.3 Å². The number of likely N-dealkylation sites (tertiary alicyclic amines) is 1. The molecule has 3 amide bonds. The summed E-state index contributed by atoms with van der Waals surface area (Å²) in [6.45, 7) is 2.75. The number of carbonyl (C=O) groups is 3. The molecule has 1 aromatic heterocycles. The van der Waals surface area contributed by atoms with Gasteiger partial charge in [0.15, 0.2) is 12.4 Å². The third-order valence-electron chi connectivity index (χ3n) is 11.1. The van der Waals surface area contributed by atoms with Gasteiger partial charge in [-0.3, -0.25) is 15.0 Å². The van der Waals surface area contributed by atoms with E-state index >= 15 is 0 Å². The van der Waals surface area contributed by atoms with Gasteiger partial charge in [-0.05, 0) is 29.2 Å². The van der Waals surface area contributed by atoms with Gasteiger partial charge in [-0.1, -0.05) is 121 Å². The summed E-state index contributed by atoms with van der Waals surface area (Å²) < 4.78 is 43.9. The number of hydrogen-bond donors (Lipinski definition) is 4. The summed E-state index contributed by atoms with van der Waals surface area (Å²) in [7, 11) is 0. The number of rotatable bonds is 23. The van der Waals surface area contributed by atoms with E-state index in [1.807, 2.05) is 128 Å². The van der Waals surface area contributed by atoms with Crippen LogP contribution in [0.3, 0.4) is 0 Å². The molecule has 2 aliphatic heterocycles. The Kier molecular flexibility index (Phi) is 17.4. The molecule has 5 atom stereocenters. The number of nitrogens with one attached hydrogen (secondary N) is 3. The van der Waals surface area contributed by atoms with E-state index < -0.39 is 60.8 Å². The van der Waals surface area contributed by atoms with Crippen LogP contribution in [-0.4, -0.2) is 103 Å². The van der Waals surface area contributed by atoms with Crippen molar-refractivity contribution in [3.05, 3.63) is 160 Å². The maximum Gasteiger partial charge on any atom is 0.407 e. The molecule has 4 unspecified atom stereocenters. The number of carbonyl (C=O) groups excluding carboxylic acids is 3. The zero-order chi connectivity index (χ0) is 46.1. The molecule has 66 heavy (non-hydrogen) atoms. The van der Waals surface area contributed by atoms with Gasteiger partial charge in [0.1, 0.15) is 40.9 Å². The van der Waals surface area contributed by atoms with Crippen LogP contribution in [0.25, 0.3) is 0 Å². The van der Waals surface area contributed by atoms with Crippen molar-refractivity contribution in [2.75, 3.05) is 32.9 Å². The van der Waals surface area contributed by atoms with Crippen LogP contribution in [0.2, 0.25) is 0 Å². The van der Waals surface area contributed by atoms with Crippen LogP contribution >= 0.6 is 11.3 Å². The molecule has 3 heterocycles. The predicted molar refractivity (Wildman–Crippen MR) is 245 cm³/mol. The molecule has 0 saturated carbocycles. The Bertz CT molecular complexity index is 2300. The lowest BCUT2D eigenvalue weighted by molar-refractivity contribution is -0.185. The number of aromatic nitrogens is 1. The van der Waals surface area contributed by atoms with Crippen molar-refractivity contribution >= 4 is 35.1 Å². The van der Waals surface area contributed by atoms with Crippen LogP contribution in [0, 0.1) is 5.41 Å². The van der Waals surface area contributed by atoms with Crippen molar-refractivity contribution in [3.8, 4) is 0 Å². The second kappa shape index (κ2) is 23.9. The van der Waals surface area contributed by atoms with Gasteiger partial charge in [0.05, 0.1) is 58.8 Å². The van der Waals surface area contributed by atoms with Gasteiger partial charge >= 0.3 is 6.09 Å². The molecule has 7 rings (SSSR count). The number of nitrogen functional groups attached to an aromatic ring is 1. The highest BCUT2D eigenvalue weighted by molar-refractivity contribution is 7.09. The highest BCUT2D eigenvalue weighted by Crippen LogP contribution is 2.35. The van der Waals surface area contributed by atoms with Crippen LogP contribution in [0.1, 0.15) is 46.3 Å². The van der Waals surface area contributed by atoms with Crippen LogP contribution in [0.4, 0.5) is 4.79 Å². The van der Waals surface area contributed by atoms with Crippen LogP contribution in [0.15, 0.2) is 127 Å². The van der Waals surface area contributed by atoms with Crippen molar-refractivity contribution in [2.45, 2.75) is 82.6 Å². The topological polar surface area (TPSA) is 206 Å². The molecule has 5 N–H and O–H groups in total. The molecule has 0 aliphatic carbocycles. The fourth-order valence-electron chi connectivity index (χ4n) is 7.67. The van der Waals surface area contributed by atoms with E-state index in [0.29, 0.717) is 30.5 Å². The van der Waals surface area contributed by atoms with E-state index in [1.165, 1.54) is 16.2 Å². The number of thiazole rings is 1. The smallest absolute Gasteiger partial charge is 0.407 e. The van der Waals surface area contributed by atoms with Crippen molar-refractivity contribution < 1.29 is 47.5 Å². The minimum atomic E-state index is -1.16. The number of nitrogens with zero attached hydrogens (tertiary/aromatic N) is 2. The summed E-state index contributed by atoms with van der Waals surface area (Å²) in [5, 5.41) is 15.4. The fraction of sp³-hybridized carbons (Fsp3) is 0.367. The number of nitrogens with two attached hydrogens (primary N) is 1. The Morgan fingerprint density at radius 2 is 1.29 bits per heavy atom. The second-order valence-electron chi connectivity index (χ2n) is 15.9. The van der Waals surface area contributed by atoms with Gasteiger partial charge in [0.25, 0.3) is 5.91 Å². The normalized spacial score (nSPS) is 17.2. The number of ether oxygens (including phenoxy) is 7. The third kappa shape index (κ3) is 13.7. The Balaban J connectivity index is 1.07. The summed E-state index contributed by atoms with van der Waals surface area (Å²) in [5.41, 5.74) is 9.62.